The van der Waals surface area contributed by atoms with Crippen LogP contribution in [0.3, 0.4) is 0 Å². The summed E-state index contributed by atoms with van der Waals surface area (Å²) in [5.74, 6) is 0.596. The Labute approximate surface area is 81.8 Å². The molecule has 0 radical (unpaired) electrons. The summed E-state index contributed by atoms with van der Waals surface area (Å²) in [5.41, 5.74) is -2.67. The van der Waals surface area contributed by atoms with Crippen molar-refractivity contribution in [2.24, 2.45) is 0 Å². The van der Waals surface area contributed by atoms with E-state index in [0.29, 0.717) is 11.1 Å². The molecule has 1 aromatic carbocycles. The van der Waals surface area contributed by atoms with Crippen LogP contribution in [0.1, 0.15) is 0 Å². The van der Waals surface area contributed by atoms with Crippen LogP contribution < -0.4 is 10.0 Å². The van der Waals surface area contributed by atoms with E-state index in [4.69, 9.17) is 16.5 Å². The summed E-state index contributed by atoms with van der Waals surface area (Å²) in [6.07, 6.45) is 0. The lowest BCUT2D eigenvalue weighted by atomic mass is 10.3. The molecule has 66 valence electrons. The monoisotopic (exact) mass is 220 g/mol. The maximum Gasteiger partial charge on any atom is 0.146 e. The number of thiol groups is 1. The van der Waals surface area contributed by atoms with Crippen LogP contribution in [0, 0.1) is 0 Å². The molecule has 1 unspecified atom stereocenters. The summed E-state index contributed by atoms with van der Waals surface area (Å²) in [7, 11) is 1.54. The highest BCUT2D eigenvalue weighted by Crippen LogP contribution is 2.47. The maximum absolute atomic E-state index is 9.51. The lowest BCUT2D eigenvalue weighted by Crippen LogP contribution is -2.04. The van der Waals surface area contributed by atoms with Gasteiger partial charge in [0.2, 0.25) is 0 Å². The smallest absolute Gasteiger partial charge is 0.146 e. The first kappa shape index (κ1) is 10.1. The second-order valence-corrected chi connectivity index (χ2v) is 7.92. The van der Waals surface area contributed by atoms with E-state index >= 15 is 0 Å². The van der Waals surface area contributed by atoms with E-state index in [0.717, 1.165) is 0 Å². The molecule has 0 fully saturated rings. The molecule has 0 aliphatic rings. The second-order valence-electron chi connectivity index (χ2n) is 2.22. The molecule has 5 heteroatoms. The van der Waals surface area contributed by atoms with Crippen LogP contribution in [0.25, 0.3) is 0 Å². The predicted molar refractivity (Wildman–Crippen MR) is 58.1 cm³/mol. The molecule has 0 heterocycles. The van der Waals surface area contributed by atoms with Gasteiger partial charge in [-0.15, -0.1) is 12.2 Å². The summed E-state index contributed by atoms with van der Waals surface area (Å²) in [4.78, 5) is 9.51. The van der Waals surface area contributed by atoms with Crippen molar-refractivity contribution in [1.29, 1.82) is 0 Å². The average molecular weight is 220 g/mol. The van der Waals surface area contributed by atoms with Gasteiger partial charge in [-0.2, -0.15) is 0 Å². The van der Waals surface area contributed by atoms with Gasteiger partial charge in [0.25, 0.3) is 0 Å². The van der Waals surface area contributed by atoms with Gasteiger partial charge in [-0.3, -0.25) is 0 Å². The fourth-order valence-electron chi connectivity index (χ4n) is 0.870. The number of methoxy groups -OCH3 is 1. The Morgan fingerprint density at radius 1 is 1.50 bits per heavy atom. The summed E-state index contributed by atoms with van der Waals surface area (Å²) in [6, 6.07) is 7.10. The quantitative estimate of drug-likeness (QED) is 0.585. The molecule has 12 heavy (non-hydrogen) atoms. The molecule has 1 atom stereocenters. The Bertz CT molecular complexity index is 321. The summed E-state index contributed by atoms with van der Waals surface area (Å²) in [5, 5.41) is 0.603. The third-order valence-electron chi connectivity index (χ3n) is 1.40. The van der Waals surface area contributed by atoms with Gasteiger partial charge in [0.1, 0.15) is 11.2 Å². The van der Waals surface area contributed by atoms with E-state index in [1.807, 2.05) is 6.07 Å². The van der Waals surface area contributed by atoms with Crippen molar-refractivity contribution in [3.05, 3.63) is 24.3 Å². The average Bonchev–Trinajstić information content (AvgIpc) is 2.03. The van der Waals surface area contributed by atoms with E-state index in [-0.39, 0.29) is 0 Å². The first-order valence-corrected chi connectivity index (χ1v) is 7.15. The maximum atomic E-state index is 9.51. The molecule has 0 spiro atoms. The zero-order chi connectivity index (χ0) is 9.19. The molecule has 1 rings (SSSR count). The van der Waals surface area contributed by atoms with Crippen molar-refractivity contribution in [2.75, 3.05) is 7.11 Å². The van der Waals surface area contributed by atoms with Gasteiger partial charge in [0.05, 0.1) is 12.4 Å². The van der Waals surface area contributed by atoms with Gasteiger partial charge in [-0.05, 0) is 12.1 Å². The molecular formula is C7H9O2PS2. The van der Waals surface area contributed by atoms with Crippen molar-refractivity contribution in [1.82, 2.24) is 0 Å². The van der Waals surface area contributed by atoms with Crippen LogP contribution >= 0.6 is 17.7 Å². The molecule has 1 aromatic rings. The highest BCUT2D eigenvalue weighted by molar-refractivity contribution is 8.63. The van der Waals surface area contributed by atoms with Gasteiger partial charge in [-0.25, -0.2) is 0 Å². The molecule has 0 amide bonds. The van der Waals surface area contributed by atoms with Crippen LogP contribution in [0.15, 0.2) is 24.3 Å². The number of ether oxygens (including phenoxy) is 1. The zero-order valence-electron chi connectivity index (χ0n) is 6.47. The third kappa shape index (κ3) is 2.23. The topological polar surface area (TPSA) is 29.5 Å². The molecule has 2 nitrogen and oxygen atoms in total. The Kier molecular flexibility index (Phi) is 3.18. The Morgan fingerprint density at radius 2 is 2.08 bits per heavy atom. The molecule has 1 N–H and O–H groups in total. The SMILES string of the molecule is COc1ccccc1P(O)(=S)S. The molecule has 0 bridgehead atoms. The van der Waals surface area contributed by atoms with Crippen LogP contribution in [0.5, 0.6) is 5.75 Å². The molecular weight excluding hydrogens is 211 g/mol. The van der Waals surface area contributed by atoms with Crippen LogP contribution in [0.2, 0.25) is 0 Å². The van der Waals surface area contributed by atoms with Crippen LogP contribution in [-0.4, -0.2) is 12.0 Å². The summed E-state index contributed by atoms with van der Waals surface area (Å²) < 4.78 is 5.02. The van der Waals surface area contributed by atoms with Gasteiger partial charge in [0, 0.05) is 0 Å². The standard InChI is InChI=1S/C7H9O2PS2/c1-9-6-4-2-3-5-7(6)10(8,11)12/h2-5H,1H3,(H2,8,11,12). The highest BCUT2D eigenvalue weighted by Gasteiger charge is 2.14. The lowest BCUT2D eigenvalue weighted by Gasteiger charge is -2.11. The molecule has 0 saturated heterocycles. The number of hydrogen-bond acceptors (Lipinski definition) is 2. The first-order chi connectivity index (χ1) is 5.55. The molecule has 0 aromatic heterocycles. The van der Waals surface area contributed by atoms with Crippen molar-refractivity contribution in [3.63, 3.8) is 0 Å². The highest BCUT2D eigenvalue weighted by atomic mass is 32.9. The van der Waals surface area contributed by atoms with Crippen molar-refractivity contribution in [2.45, 2.75) is 0 Å². The minimum Gasteiger partial charge on any atom is -0.496 e. The van der Waals surface area contributed by atoms with Gasteiger partial charge in [-0.1, -0.05) is 23.9 Å². The number of hydrogen-bond donors (Lipinski definition) is 2. The van der Waals surface area contributed by atoms with Gasteiger partial charge < -0.3 is 9.63 Å². The number of rotatable bonds is 2. The largest absolute Gasteiger partial charge is 0.496 e. The van der Waals surface area contributed by atoms with Crippen molar-refractivity contribution >= 4 is 34.8 Å². The Balaban J connectivity index is 3.23. The van der Waals surface area contributed by atoms with E-state index in [2.05, 4.69) is 12.2 Å². The Morgan fingerprint density at radius 3 is 2.50 bits per heavy atom. The van der Waals surface area contributed by atoms with Crippen LogP contribution in [-0.2, 0) is 11.8 Å². The van der Waals surface area contributed by atoms with Crippen LogP contribution in [0.4, 0.5) is 0 Å². The summed E-state index contributed by atoms with van der Waals surface area (Å²) >= 11 is 8.83. The number of para-hydroxylation sites is 1. The van der Waals surface area contributed by atoms with Gasteiger partial charge in [0.15, 0.2) is 0 Å². The van der Waals surface area contributed by atoms with E-state index in [1.165, 1.54) is 7.11 Å². The fraction of sp³-hybridized carbons (Fsp3) is 0.143. The minimum atomic E-state index is -2.67. The molecule has 0 saturated carbocycles. The third-order valence-corrected chi connectivity index (χ3v) is 3.63. The van der Waals surface area contributed by atoms with E-state index in [1.54, 1.807) is 18.2 Å². The van der Waals surface area contributed by atoms with Crippen molar-refractivity contribution < 1.29 is 9.63 Å². The van der Waals surface area contributed by atoms with Gasteiger partial charge >= 0.3 is 0 Å². The Hall–Kier alpha value is -0.0200. The zero-order valence-corrected chi connectivity index (χ0v) is 9.07. The fourth-order valence-corrected chi connectivity index (χ4v) is 2.55. The first-order valence-electron chi connectivity index (χ1n) is 3.25. The van der Waals surface area contributed by atoms with E-state index in [9.17, 15) is 4.89 Å². The van der Waals surface area contributed by atoms with E-state index < -0.39 is 5.47 Å². The normalized spacial score (nSPS) is 15.2. The molecule has 0 aliphatic heterocycles. The van der Waals surface area contributed by atoms with Crippen molar-refractivity contribution in [3.8, 4) is 5.75 Å². The number of benzene rings is 1. The lowest BCUT2D eigenvalue weighted by molar-refractivity contribution is 0.418. The predicted octanol–water partition coefficient (Wildman–Crippen LogP) is 1.55. The second kappa shape index (κ2) is 3.79. The molecule has 0 aliphatic carbocycles. The summed E-state index contributed by atoms with van der Waals surface area (Å²) in [6.45, 7) is 0. The minimum absolute atomic E-state index is 0.596.